The van der Waals surface area contributed by atoms with Crippen LogP contribution in [0.2, 0.25) is 0 Å². The van der Waals surface area contributed by atoms with Gasteiger partial charge in [-0.25, -0.2) is 0 Å². The van der Waals surface area contributed by atoms with Gasteiger partial charge in [0.05, 0.1) is 6.61 Å². The highest BCUT2D eigenvalue weighted by atomic mass is 16.3. The van der Waals surface area contributed by atoms with Gasteiger partial charge in [-0.05, 0) is 52.1 Å². The van der Waals surface area contributed by atoms with Crippen LogP contribution in [0.1, 0.15) is 51.9 Å². The number of hydrogen-bond acceptors (Lipinski definition) is 3. The normalized spacial score (nSPS) is 33.5. The molecule has 3 nitrogen and oxygen atoms in total. The first kappa shape index (κ1) is 13.3. The van der Waals surface area contributed by atoms with E-state index in [0.717, 1.165) is 0 Å². The van der Waals surface area contributed by atoms with Crippen LogP contribution in [0, 0.1) is 0 Å². The van der Waals surface area contributed by atoms with E-state index in [9.17, 15) is 5.11 Å². The fourth-order valence-corrected chi connectivity index (χ4v) is 3.47. The zero-order chi connectivity index (χ0) is 12.1. The van der Waals surface area contributed by atoms with Gasteiger partial charge >= 0.3 is 0 Å². The van der Waals surface area contributed by atoms with Crippen LogP contribution in [0.3, 0.4) is 0 Å². The first-order valence-corrected chi connectivity index (χ1v) is 7.41. The molecular weight excluding hydrogens is 212 g/mol. The van der Waals surface area contributed by atoms with E-state index in [-0.39, 0.29) is 0 Å². The maximum atomic E-state index is 9.46. The SMILES string of the molecule is CC(CC1CCCCN1)N1CCCCC1CO. The number of nitrogens with one attached hydrogen (secondary N) is 1. The number of nitrogens with zero attached hydrogens (tertiary/aromatic N) is 1. The fourth-order valence-electron chi connectivity index (χ4n) is 3.47. The molecular formula is C14H28N2O. The van der Waals surface area contributed by atoms with E-state index in [4.69, 9.17) is 0 Å². The minimum atomic E-state index is 0.336. The number of piperidine rings is 2. The van der Waals surface area contributed by atoms with Crippen molar-refractivity contribution in [1.29, 1.82) is 0 Å². The zero-order valence-corrected chi connectivity index (χ0v) is 11.2. The van der Waals surface area contributed by atoms with E-state index in [1.54, 1.807) is 0 Å². The smallest absolute Gasteiger partial charge is 0.0586 e. The maximum Gasteiger partial charge on any atom is 0.0586 e. The second-order valence-corrected chi connectivity index (χ2v) is 5.80. The van der Waals surface area contributed by atoms with Gasteiger partial charge in [0, 0.05) is 18.1 Å². The van der Waals surface area contributed by atoms with Crippen molar-refractivity contribution in [2.24, 2.45) is 0 Å². The first-order valence-electron chi connectivity index (χ1n) is 7.41. The predicted molar refractivity (Wildman–Crippen MR) is 71.2 cm³/mol. The van der Waals surface area contributed by atoms with Crippen LogP contribution < -0.4 is 5.32 Å². The average Bonchev–Trinajstić information content (AvgIpc) is 2.40. The Bertz CT molecular complexity index is 216. The van der Waals surface area contributed by atoms with Crippen molar-refractivity contribution in [3.63, 3.8) is 0 Å². The standard InChI is InChI=1S/C14H28N2O/c1-12(10-13-6-2-4-8-15-13)16-9-5-3-7-14(16)11-17/h12-15,17H,2-11H2,1H3. The largest absolute Gasteiger partial charge is 0.395 e. The maximum absolute atomic E-state index is 9.46. The molecule has 0 spiro atoms. The second-order valence-electron chi connectivity index (χ2n) is 5.80. The molecule has 2 saturated heterocycles. The van der Waals surface area contributed by atoms with Crippen LogP contribution >= 0.6 is 0 Å². The third-order valence-electron chi connectivity index (χ3n) is 4.49. The average molecular weight is 240 g/mol. The van der Waals surface area contributed by atoms with Gasteiger partial charge in [0.2, 0.25) is 0 Å². The van der Waals surface area contributed by atoms with Crippen LogP contribution in [0.5, 0.6) is 0 Å². The van der Waals surface area contributed by atoms with E-state index in [1.807, 2.05) is 0 Å². The van der Waals surface area contributed by atoms with Gasteiger partial charge in [-0.2, -0.15) is 0 Å². The number of hydrogen-bond donors (Lipinski definition) is 2. The minimum absolute atomic E-state index is 0.336. The van der Waals surface area contributed by atoms with Crippen LogP contribution in [-0.4, -0.2) is 47.8 Å². The highest BCUT2D eigenvalue weighted by Gasteiger charge is 2.27. The van der Waals surface area contributed by atoms with Gasteiger partial charge in [-0.3, -0.25) is 4.90 Å². The summed E-state index contributed by atoms with van der Waals surface area (Å²) < 4.78 is 0. The summed E-state index contributed by atoms with van der Waals surface area (Å²) in [4.78, 5) is 2.54. The van der Waals surface area contributed by atoms with Crippen LogP contribution in [0.4, 0.5) is 0 Å². The molecule has 17 heavy (non-hydrogen) atoms. The predicted octanol–water partition coefficient (Wildman–Crippen LogP) is 1.75. The lowest BCUT2D eigenvalue weighted by atomic mass is 9.94. The van der Waals surface area contributed by atoms with Crippen molar-refractivity contribution in [1.82, 2.24) is 10.2 Å². The summed E-state index contributed by atoms with van der Waals surface area (Å²) in [6, 6.07) is 1.74. The van der Waals surface area contributed by atoms with Crippen molar-refractivity contribution in [3.05, 3.63) is 0 Å². The molecule has 2 heterocycles. The Hall–Kier alpha value is -0.120. The third-order valence-corrected chi connectivity index (χ3v) is 4.49. The molecule has 3 atom stereocenters. The lowest BCUT2D eigenvalue weighted by Crippen LogP contribution is -2.49. The Labute approximate surface area is 106 Å². The summed E-state index contributed by atoms with van der Waals surface area (Å²) in [6.45, 7) is 5.05. The Morgan fingerprint density at radius 3 is 2.76 bits per heavy atom. The van der Waals surface area contributed by atoms with Crippen molar-refractivity contribution in [2.75, 3.05) is 19.7 Å². The molecule has 0 bridgehead atoms. The summed E-state index contributed by atoms with van der Waals surface area (Å²) in [7, 11) is 0. The topological polar surface area (TPSA) is 35.5 Å². The molecule has 2 fully saturated rings. The van der Waals surface area contributed by atoms with Crippen molar-refractivity contribution in [2.45, 2.75) is 70.0 Å². The molecule has 0 radical (unpaired) electrons. The lowest BCUT2D eigenvalue weighted by Gasteiger charge is -2.40. The third kappa shape index (κ3) is 3.67. The van der Waals surface area contributed by atoms with E-state index in [0.29, 0.717) is 24.7 Å². The Morgan fingerprint density at radius 1 is 1.24 bits per heavy atom. The summed E-state index contributed by atoms with van der Waals surface area (Å²) >= 11 is 0. The Kier molecular flexibility index (Phi) is 5.26. The van der Waals surface area contributed by atoms with Crippen LogP contribution in [0.25, 0.3) is 0 Å². The van der Waals surface area contributed by atoms with Crippen molar-refractivity contribution in [3.8, 4) is 0 Å². The summed E-state index contributed by atoms with van der Waals surface area (Å²) in [6.07, 6.45) is 9.08. The number of aliphatic hydroxyl groups excluding tert-OH is 1. The van der Waals surface area contributed by atoms with Gasteiger partial charge < -0.3 is 10.4 Å². The van der Waals surface area contributed by atoms with E-state index < -0.39 is 0 Å². The highest BCUT2D eigenvalue weighted by Crippen LogP contribution is 2.22. The molecule has 3 unspecified atom stereocenters. The number of rotatable bonds is 4. The molecule has 0 aliphatic carbocycles. The molecule has 0 amide bonds. The van der Waals surface area contributed by atoms with Gasteiger partial charge in [0.1, 0.15) is 0 Å². The molecule has 100 valence electrons. The van der Waals surface area contributed by atoms with Crippen molar-refractivity contribution < 1.29 is 5.11 Å². The summed E-state index contributed by atoms with van der Waals surface area (Å²) in [5.41, 5.74) is 0. The number of aliphatic hydroxyl groups is 1. The molecule has 2 rings (SSSR count). The van der Waals surface area contributed by atoms with E-state index >= 15 is 0 Å². The van der Waals surface area contributed by atoms with E-state index in [1.165, 1.54) is 58.0 Å². The molecule has 2 N–H and O–H groups in total. The van der Waals surface area contributed by atoms with Gasteiger partial charge in [0.15, 0.2) is 0 Å². The van der Waals surface area contributed by atoms with Crippen LogP contribution in [0.15, 0.2) is 0 Å². The van der Waals surface area contributed by atoms with E-state index in [2.05, 4.69) is 17.1 Å². The molecule has 0 aromatic heterocycles. The Balaban J connectivity index is 1.82. The minimum Gasteiger partial charge on any atom is -0.395 e. The molecule has 2 aliphatic heterocycles. The molecule has 3 heteroatoms. The number of likely N-dealkylation sites (tertiary alicyclic amines) is 1. The zero-order valence-electron chi connectivity index (χ0n) is 11.2. The molecule has 0 aromatic rings. The summed E-state index contributed by atoms with van der Waals surface area (Å²) in [5, 5.41) is 13.1. The highest BCUT2D eigenvalue weighted by molar-refractivity contribution is 4.84. The van der Waals surface area contributed by atoms with Gasteiger partial charge in [-0.1, -0.05) is 12.8 Å². The van der Waals surface area contributed by atoms with Crippen molar-refractivity contribution >= 4 is 0 Å². The lowest BCUT2D eigenvalue weighted by molar-refractivity contribution is 0.0510. The second kappa shape index (κ2) is 6.72. The van der Waals surface area contributed by atoms with Gasteiger partial charge in [0.25, 0.3) is 0 Å². The summed E-state index contributed by atoms with van der Waals surface area (Å²) in [5.74, 6) is 0. The molecule has 0 aromatic carbocycles. The molecule has 0 saturated carbocycles. The first-order chi connectivity index (χ1) is 8.31. The quantitative estimate of drug-likeness (QED) is 0.786. The van der Waals surface area contributed by atoms with Crippen LogP contribution in [-0.2, 0) is 0 Å². The van der Waals surface area contributed by atoms with Gasteiger partial charge in [-0.15, -0.1) is 0 Å². The Morgan fingerprint density at radius 2 is 2.06 bits per heavy atom. The molecule has 2 aliphatic rings. The fraction of sp³-hybridized carbons (Fsp3) is 1.00. The monoisotopic (exact) mass is 240 g/mol.